The Kier molecular flexibility index (Phi) is 6.12. The van der Waals surface area contributed by atoms with Gasteiger partial charge in [-0.05, 0) is 68.3 Å². The maximum atomic E-state index is 13.6. The number of thiazole rings is 1. The molecule has 1 atom stereocenters. The van der Waals surface area contributed by atoms with Gasteiger partial charge in [0, 0.05) is 11.2 Å². The molecule has 8 nitrogen and oxygen atoms in total. The van der Waals surface area contributed by atoms with Crippen molar-refractivity contribution < 1.29 is 19.4 Å². The molecule has 6 rings (SSSR count). The van der Waals surface area contributed by atoms with Crippen molar-refractivity contribution in [1.82, 2.24) is 14.4 Å². The van der Waals surface area contributed by atoms with Crippen LogP contribution in [0.15, 0.2) is 66.4 Å². The number of anilines is 1. The van der Waals surface area contributed by atoms with Crippen molar-refractivity contribution in [3.05, 3.63) is 93.9 Å². The van der Waals surface area contributed by atoms with E-state index in [1.54, 1.807) is 42.5 Å². The summed E-state index contributed by atoms with van der Waals surface area (Å²) < 4.78 is 8.21. The molecule has 1 saturated heterocycles. The fraction of sp³-hybridized carbons (Fsp3) is 0.172. The van der Waals surface area contributed by atoms with Crippen LogP contribution in [-0.2, 0) is 9.59 Å². The van der Waals surface area contributed by atoms with E-state index >= 15 is 0 Å². The lowest BCUT2D eigenvalue weighted by Gasteiger charge is -2.23. The van der Waals surface area contributed by atoms with Gasteiger partial charge in [0.05, 0.1) is 34.1 Å². The average Bonchev–Trinajstić information content (AvgIpc) is 3.57. The van der Waals surface area contributed by atoms with Gasteiger partial charge >= 0.3 is 5.91 Å². The van der Waals surface area contributed by atoms with Crippen molar-refractivity contribution in [2.24, 2.45) is 0 Å². The monoisotopic (exact) mass is 558 g/mol. The lowest BCUT2D eigenvalue weighted by molar-refractivity contribution is -0.132. The minimum atomic E-state index is -0.929. The number of ether oxygens (including phenoxy) is 1. The summed E-state index contributed by atoms with van der Waals surface area (Å²) in [7, 11) is 0. The van der Waals surface area contributed by atoms with Crippen LogP contribution in [0.2, 0.25) is 5.02 Å². The summed E-state index contributed by atoms with van der Waals surface area (Å²) in [6.07, 6.45) is 1.84. The summed E-state index contributed by atoms with van der Waals surface area (Å²) in [5.41, 5.74) is 3.69. The molecule has 5 aromatic rings. The van der Waals surface area contributed by atoms with Crippen molar-refractivity contribution in [2.75, 3.05) is 11.5 Å². The Hall–Kier alpha value is -4.21. The molecule has 0 radical (unpaired) electrons. The molecule has 1 aliphatic rings. The summed E-state index contributed by atoms with van der Waals surface area (Å²) in [6, 6.07) is 15.3. The zero-order chi connectivity index (χ0) is 27.4. The highest BCUT2D eigenvalue weighted by molar-refractivity contribution is 7.22. The molecular formula is C29H23ClN4O4S. The number of hydrogen-bond donors (Lipinski definition) is 1. The lowest BCUT2D eigenvalue weighted by atomic mass is 9.96. The lowest BCUT2D eigenvalue weighted by Crippen LogP contribution is -2.29. The number of benzene rings is 2. The average molecular weight is 559 g/mol. The number of Topliss-reactive ketones (excluding diaryl/α,β-unsaturated/α-hetero) is 1. The van der Waals surface area contributed by atoms with Gasteiger partial charge in [-0.3, -0.25) is 14.5 Å². The van der Waals surface area contributed by atoms with Crippen LogP contribution < -0.4 is 9.64 Å². The largest absolute Gasteiger partial charge is 0.505 e. The van der Waals surface area contributed by atoms with Gasteiger partial charge in [0.2, 0.25) is 0 Å². The predicted molar refractivity (Wildman–Crippen MR) is 152 cm³/mol. The third-order valence-electron chi connectivity index (χ3n) is 6.80. The van der Waals surface area contributed by atoms with E-state index in [1.807, 2.05) is 43.5 Å². The number of aliphatic hydroxyl groups excluding tert-OH is 1. The van der Waals surface area contributed by atoms with E-state index in [2.05, 4.69) is 9.97 Å². The molecular weight excluding hydrogens is 536 g/mol. The van der Waals surface area contributed by atoms with Gasteiger partial charge in [0.1, 0.15) is 17.1 Å². The fourth-order valence-electron chi connectivity index (χ4n) is 4.92. The first kappa shape index (κ1) is 25.1. The smallest absolute Gasteiger partial charge is 0.301 e. The van der Waals surface area contributed by atoms with Crippen LogP contribution in [-0.4, -0.2) is 37.8 Å². The van der Waals surface area contributed by atoms with Crippen molar-refractivity contribution in [2.45, 2.75) is 26.8 Å². The van der Waals surface area contributed by atoms with E-state index in [-0.39, 0.29) is 17.0 Å². The zero-order valence-corrected chi connectivity index (χ0v) is 22.9. The topological polar surface area (TPSA) is 97.0 Å². The summed E-state index contributed by atoms with van der Waals surface area (Å²) in [4.78, 5) is 37.8. The summed E-state index contributed by atoms with van der Waals surface area (Å²) >= 11 is 7.43. The van der Waals surface area contributed by atoms with E-state index < -0.39 is 17.7 Å². The molecule has 1 amide bonds. The highest BCUT2D eigenvalue weighted by Gasteiger charge is 2.48. The number of aliphatic hydroxyl groups is 1. The predicted octanol–water partition coefficient (Wildman–Crippen LogP) is 6.24. The van der Waals surface area contributed by atoms with Crippen molar-refractivity contribution >= 4 is 61.4 Å². The maximum absolute atomic E-state index is 13.6. The van der Waals surface area contributed by atoms with E-state index in [1.165, 1.54) is 16.2 Å². The van der Waals surface area contributed by atoms with Crippen LogP contribution in [0.5, 0.6) is 5.75 Å². The summed E-state index contributed by atoms with van der Waals surface area (Å²) in [5.74, 6) is -1.27. The Labute approximate surface area is 232 Å². The van der Waals surface area contributed by atoms with Crippen LogP contribution in [0, 0.1) is 13.8 Å². The fourth-order valence-corrected chi connectivity index (χ4v) is 6.19. The molecule has 1 fully saturated rings. The Morgan fingerprint density at radius 2 is 1.87 bits per heavy atom. The normalized spacial score (nSPS) is 17.0. The van der Waals surface area contributed by atoms with Gasteiger partial charge < -0.3 is 14.2 Å². The minimum absolute atomic E-state index is 0.0504. The quantitative estimate of drug-likeness (QED) is 0.156. The molecule has 4 heterocycles. The van der Waals surface area contributed by atoms with E-state index in [0.29, 0.717) is 44.9 Å². The van der Waals surface area contributed by atoms with Gasteiger partial charge in [-0.2, -0.15) is 0 Å². The summed E-state index contributed by atoms with van der Waals surface area (Å²) in [5, 5.41) is 12.5. The molecule has 0 spiro atoms. The number of carbonyl (C=O) groups is 2. The highest BCUT2D eigenvalue weighted by Crippen LogP contribution is 2.45. The molecule has 0 bridgehead atoms. The minimum Gasteiger partial charge on any atom is -0.505 e. The van der Waals surface area contributed by atoms with Gasteiger partial charge in [-0.1, -0.05) is 41.1 Å². The highest BCUT2D eigenvalue weighted by atomic mass is 35.5. The number of rotatable bonds is 5. The number of aryl methyl sites for hydroxylation is 2. The third-order valence-corrected chi connectivity index (χ3v) is 8.06. The van der Waals surface area contributed by atoms with Gasteiger partial charge in [0.25, 0.3) is 5.78 Å². The molecule has 1 unspecified atom stereocenters. The van der Waals surface area contributed by atoms with Gasteiger partial charge in [-0.25, -0.2) is 9.97 Å². The second-order valence-corrected chi connectivity index (χ2v) is 10.7. The SMILES string of the molecule is CCOc1ccc(C2C(=C(O)c3nc4c(C)cccn4c3C)C(=O)C(=O)N2c2nc3ccc(Cl)cc3s2)cc1. The van der Waals surface area contributed by atoms with E-state index in [4.69, 9.17) is 16.3 Å². The molecule has 3 aromatic heterocycles. The van der Waals surface area contributed by atoms with E-state index in [9.17, 15) is 14.7 Å². The van der Waals surface area contributed by atoms with Crippen LogP contribution in [0.4, 0.5) is 5.13 Å². The first-order chi connectivity index (χ1) is 18.8. The second kappa shape index (κ2) is 9.52. The Balaban J connectivity index is 1.57. The number of imidazole rings is 1. The molecule has 1 aliphatic heterocycles. The number of fused-ring (bicyclic) bond motifs is 2. The van der Waals surface area contributed by atoms with Crippen LogP contribution >= 0.6 is 22.9 Å². The molecule has 1 N–H and O–H groups in total. The Bertz CT molecular complexity index is 1820. The van der Waals surface area contributed by atoms with E-state index in [0.717, 1.165) is 10.3 Å². The van der Waals surface area contributed by atoms with Crippen LogP contribution in [0.3, 0.4) is 0 Å². The number of amides is 1. The number of hydrogen-bond acceptors (Lipinski definition) is 7. The Morgan fingerprint density at radius 1 is 1.10 bits per heavy atom. The van der Waals surface area contributed by atoms with Gasteiger partial charge in [0.15, 0.2) is 10.9 Å². The van der Waals surface area contributed by atoms with Crippen LogP contribution in [0.1, 0.15) is 35.5 Å². The van der Waals surface area contributed by atoms with Gasteiger partial charge in [-0.15, -0.1) is 0 Å². The Morgan fingerprint density at radius 3 is 2.59 bits per heavy atom. The van der Waals surface area contributed by atoms with Crippen LogP contribution in [0.25, 0.3) is 21.6 Å². The first-order valence-electron chi connectivity index (χ1n) is 12.3. The summed E-state index contributed by atoms with van der Waals surface area (Å²) in [6.45, 7) is 6.12. The number of ketones is 1. The maximum Gasteiger partial charge on any atom is 0.301 e. The number of pyridine rings is 1. The molecule has 196 valence electrons. The second-order valence-electron chi connectivity index (χ2n) is 9.21. The molecule has 10 heteroatoms. The van der Waals surface area contributed by atoms with Crippen molar-refractivity contribution in [3.8, 4) is 5.75 Å². The number of nitrogens with zero attached hydrogens (tertiary/aromatic N) is 4. The number of halogens is 1. The molecule has 39 heavy (non-hydrogen) atoms. The number of carbonyl (C=O) groups excluding carboxylic acids is 2. The molecule has 2 aromatic carbocycles. The third kappa shape index (κ3) is 4.05. The standard InChI is InChI=1S/C29H23ClN4O4S/c1-4-38-19-10-7-17(8-11-19)24-22(25(35)23-16(3)33-13-5-6-15(2)27(33)32-23)26(36)28(37)34(24)29-31-20-12-9-18(30)14-21(20)39-29/h5-14,24,35H,4H2,1-3H3. The van der Waals surface area contributed by atoms with Crippen molar-refractivity contribution in [3.63, 3.8) is 0 Å². The zero-order valence-electron chi connectivity index (χ0n) is 21.3. The number of aromatic nitrogens is 3. The molecule has 0 saturated carbocycles. The first-order valence-corrected chi connectivity index (χ1v) is 13.5. The van der Waals surface area contributed by atoms with Crippen molar-refractivity contribution in [1.29, 1.82) is 0 Å². The molecule has 0 aliphatic carbocycles.